The van der Waals surface area contributed by atoms with Crippen molar-refractivity contribution in [2.45, 2.75) is 13.3 Å². The van der Waals surface area contributed by atoms with Crippen molar-refractivity contribution in [3.8, 4) is 0 Å². The molecule has 4 nitrogen and oxygen atoms in total. The van der Waals surface area contributed by atoms with Gasteiger partial charge in [-0.25, -0.2) is 0 Å². The lowest BCUT2D eigenvalue weighted by molar-refractivity contribution is -0.126. The van der Waals surface area contributed by atoms with Crippen LogP contribution in [0.4, 0.5) is 5.69 Å². The molecule has 6 heteroatoms. The third-order valence-electron chi connectivity index (χ3n) is 2.33. The standard InChI is InChI=1S/C11H8Cl2N2O2/c1-6-14-9(16)5-10(17)15(6)8-4-2-3-7(12)11(8)13/h2-4H,5H2,1H3. The normalized spacial score (nSPS) is 16.2. The summed E-state index contributed by atoms with van der Waals surface area (Å²) in [4.78, 5) is 28.0. The Labute approximate surface area is 108 Å². The minimum absolute atomic E-state index is 0.250. The van der Waals surface area contributed by atoms with Crippen LogP contribution in [0.25, 0.3) is 0 Å². The van der Waals surface area contributed by atoms with Gasteiger partial charge in [0, 0.05) is 0 Å². The van der Waals surface area contributed by atoms with Gasteiger partial charge in [-0.3, -0.25) is 14.5 Å². The van der Waals surface area contributed by atoms with E-state index < -0.39 is 5.91 Å². The number of amidine groups is 1. The lowest BCUT2D eigenvalue weighted by Gasteiger charge is -2.25. The number of benzene rings is 1. The second kappa shape index (κ2) is 4.47. The molecule has 0 bridgehead atoms. The molecule has 0 aliphatic carbocycles. The number of carbonyl (C=O) groups is 2. The summed E-state index contributed by atoms with van der Waals surface area (Å²) >= 11 is 11.9. The fourth-order valence-electron chi connectivity index (χ4n) is 1.63. The van der Waals surface area contributed by atoms with Crippen LogP contribution in [-0.4, -0.2) is 17.6 Å². The first-order valence-electron chi connectivity index (χ1n) is 4.86. The average Bonchev–Trinajstić information content (AvgIpc) is 2.23. The van der Waals surface area contributed by atoms with Crippen molar-refractivity contribution >= 4 is 46.5 Å². The molecule has 1 aromatic carbocycles. The van der Waals surface area contributed by atoms with Gasteiger partial charge in [-0.15, -0.1) is 0 Å². The molecule has 1 aliphatic rings. The molecule has 2 amide bonds. The first-order chi connectivity index (χ1) is 8.00. The minimum Gasteiger partial charge on any atom is -0.273 e. The van der Waals surface area contributed by atoms with E-state index in [9.17, 15) is 9.59 Å². The van der Waals surface area contributed by atoms with Crippen LogP contribution < -0.4 is 4.90 Å². The van der Waals surface area contributed by atoms with Crippen LogP contribution in [0.1, 0.15) is 13.3 Å². The van der Waals surface area contributed by atoms with Gasteiger partial charge in [-0.2, -0.15) is 4.99 Å². The van der Waals surface area contributed by atoms with E-state index in [4.69, 9.17) is 23.2 Å². The maximum absolute atomic E-state index is 11.8. The highest BCUT2D eigenvalue weighted by Gasteiger charge is 2.28. The highest BCUT2D eigenvalue weighted by Crippen LogP contribution is 2.33. The third-order valence-corrected chi connectivity index (χ3v) is 3.14. The van der Waals surface area contributed by atoms with Crippen molar-refractivity contribution in [3.63, 3.8) is 0 Å². The van der Waals surface area contributed by atoms with E-state index in [0.29, 0.717) is 16.5 Å². The largest absolute Gasteiger partial charge is 0.273 e. The monoisotopic (exact) mass is 270 g/mol. The zero-order valence-corrected chi connectivity index (χ0v) is 10.4. The van der Waals surface area contributed by atoms with Crippen LogP contribution in [-0.2, 0) is 9.59 Å². The highest BCUT2D eigenvalue weighted by molar-refractivity contribution is 6.45. The fraction of sp³-hybridized carbons (Fsp3) is 0.182. The van der Waals surface area contributed by atoms with E-state index >= 15 is 0 Å². The minimum atomic E-state index is -0.443. The van der Waals surface area contributed by atoms with E-state index in [1.54, 1.807) is 25.1 Å². The van der Waals surface area contributed by atoms with Gasteiger partial charge in [0.05, 0.1) is 15.7 Å². The predicted octanol–water partition coefficient (Wildman–Crippen LogP) is 2.68. The molecule has 0 N–H and O–H groups in total. The maximum Gasteiger partial charge on any atom is 0.256 e. The summed E-state index contributed by atoms with van der Waals surface area (Å²) in [6.45, 7) is 1.58. The van der Waals surface area contributed by atoms with Gasteiger partial charge in [-0.1, -0.05) is 29.3 Å². The molecule has 2 rings (SSSR count). The van der Waals surface area contributed by atoms with Gasteiger partial charge in [0.25, 0.3) is 5.91 Å². The number of carbonyl (C=O) groups excluding carboxylic acids is 2. The van der Waals surface area contributed by atoms with Crippen molar-refractivity contribution in [1.29, 1.82) is 0 Å². The zero-order chi connectivity index (χ0) is 12.6. The van der Waals surface area contributed by atoms with Crippen molar-refractivity contribution < 1.29 is 9.59 Å². The van der Waals surface area contributed by atoms with Crippen LogP contribution in [0.15, 0.2) is 23.2 Å². The molecule has 1 aliphatic heterocycles. The smallest absolute Gasteiger partial charge is 0.256 e. The second-order valence-corrected chi connectivity index (χ2v) is 4.32. The van der Waals surface area contributed by atoms with Gasteiger partial charge >= 0.3 is 0 Å². The zero-order valence-electron chi connectivity index (χ0n) is 8.91. The number of aliphatic imine (C=N–C) groups is 1. The summed E-state index contributed by atoms with van der Waals surface area (Å²) in [6.07, 6.45) is -0.250. The average molecular weight is 271 g/mol. The summed E-state index contributed by atoms with van der Waals surface area (Å²) in [6, 6.07) is 4.96. The summed E-state index contributed by atoms with van der Waals surface area (Å²) < 4.78 is 0. The number of halogens is 2. The van der Waals surface area contributed by atoms with Gasteiger partial charge in [0.1, 0.15) is 12.3 Å². The van der Waals surface area contributed by atoms with Crippen LogP contribution in [0, 0.1) is 0 Å². The number of nitrogens with zero attached hydrogens (tertiary/aromatic N) is 2. The third kappa shape index (κ3) is 2.18. The van der Waals surface area contributed by atoms with E-state index in [2.05, 4.69) is 4.99 Å². The van der Waals surface area contributed by atoms with Gasteiger partial charge in [0.2, 0.25) is 5.91 Å². The molecule has 0 saturated carbocycles. The lowest BCUT2D eigenvalue weighted by Crippen LogP contribution is -2.40. The van der Waals surface area contributed by atoms with Crippen LogP contribution >= 0.6 is 23.2 Å². The summed E-state index contributed by atoms with van der Waals surface area (Å²) in [7, 11) is 0. The number of hydrogen-bond acceptors (Lipinski definition) is 2. The molecule has 0 saturated heterocycles. The Morgan fingerprint density at radius 1 is 1.29 bits per heavy atom. The molecule has 0 fully saturated rings. The number of rotatable bonds is 1. The van der Waals surface area contributed by atoms with Crippen molar-refractivity contribution in [2.24, 2.45) is 4.99 Å². The Morgan fingerprint density at radius 3 is 2.65 bits per heavy atom. The maximum atomic E-state index is 11.8. The quantitative estimate of drug-likeness (QED) is 0.737. The second-order valence-electron chi connectivity index (χ2n) is 3.53. The molecule has 0 unspecified atom stereocenters. The Bertz CT molecular complexity index is 540. The molecule has 1 heterocycles. The molecule has 0 atom stereocenters. The number of anilines is 1. The van der Waals surface area contributed by atoms with Crippen molar-refractivity contribution in [3.05, 3.63) is 28.2 Å². The van der Waals surface area contributed by atoms with E-state index in [-0.39, 0.29) is 17.4 Å². The molecule has 0 spiro atoms. The van der Waals surface area contributed by atoms with Gasteiger partial charge < -0.3 is 0 Å². The van der Waals surface area contributed by atoms with Gasteiger partial charge in [0.15, 0.2) is 0 Å². The molecular formula is C11H8Cl2N2O2. The van der Waals surface area contributed by atoms with E-state index in [1.165, 1.54) is 4.90 Å². The first kappa shape index (κ1) is 12.1. The van der Waals surface area contributed by atoms with Crippen LogP contribution in [0.5, 0.6) is 0 Å². The lowest BCUT2D eigenvalue weighted by atomic mass is 10.2. The van der Waals surface area contributed by atoms with Crippen molar-refractivity contribution in [2.75, 3.05) is 4.90 Å². The fourth-order valence-corrected chi connectivity index (χ4v) is 2.01. The summed E-state index contributed by atoms with van der Waals surface area (Å²) in [5.74, 6) is -0.496. The van der Waals surface area contributed by atoms with Crippen LogP contribution in [0.3, 0.4) is 0 Å². The highest BCUT2D eigenvalue weighted by atomic mass is 35.5. The molecule has 1 aromatic rings. The first-order valence-corrected chi connectivity index (χ1v) is 5.61. The number of amides is 2. The number of hydrogen-bond donors (Lipinski definition) is 0. The molecule has 88 valence electrons. The predicted molar refractivity (Wildman–Crippen MR) is 66.7 cm³/mol. The molecule has 0 radical (unpaired) electrons. The molecular weight excluding hydrogens is 263 g/mol. The Balaban J connectivity index is 2.53. The summed E-state index contributed by atoms with van der Waals surface area (Å²) in [5.41, 5.74) is 0.443. The summed E-state index contributed by atoms with van der Waals surface area (Å²) in [5, 5.41) is 0.619. The topological polar surface area (TPSA) is 49.7 Å². The SMILES string of the molecule is CC1=NC(=O)CC(=O)N1c1cccc(Cl)c1Cl. The van der Waals surface area contributed by atoms with E-state index in [0.717, 1.165) is 0 Å². The Morgan fingerprint density at radius 2 is 2.00 bits per heavy atom. The molecule has 0 aromatic heterocycles. The van der Waals surface area contributed by atoms with Crippen LogP contribution in [0.2, 0.25) is 10.0 Å². The Hall–Kier alpha value is -1.39. The Kier molecular flexibility index (Phi) is 3.17. The van der Waals surface area contributed by atoms with E-state index in [1.807, 2.05) is 0 Å². The van der Waals surface area contributed by atoms with Gasteiger partial charge in [-0.05, 0) is 19.1 Å². The molecule has 17 heavy (non-hydrogen) atoms. The van der Waals surface area contributed by atoms with Crippen molar-refractivity contribution in [1.82, 2.24) is 0 Å².